The van der Waals surface area contributed by atoms with Crippen LogP contribution in [0.1, 0.15) is 75.3 Å². The zero-order chi connectivity index (χ0) is 15.8. The van der Waals surface area contributed by atoms with Gasteiger partial charge in [0, 0.05) is 0 Å². The maximum atomic E-state index is 9.99. The third-order valence-corrected chi connectivity index (χ3v) is 3.67. The monoisotopic (exact) mass is 342 g/mol. The molecule has 0 unspecified atom stereocenters. The molecule has 1 aromatic rings. The molecule has 2 saturated carbocycles. The molecule has 2 aliphatic rings. The number of hydrogen-bond acceptors (Lipinski definition) is 1. The number of rotatable bonds is 1. The van der Waals surface area contributed by atoms with Crippen LogP contribution in [0, 0.1) is 6.92 Å². The second-order valence-corrected chi connectivity index (χ2v) is 5.50. The minimum atomic E-state index is 0.612. The van der Waals surface area contributed by atoms with Gasteiger partial charge in [-0.25, -0.2) is 0 Å². The molecule has 0 amide bonds. The van der Waals surface area contributed by atoms with E-state index < -0.39 is 0 Å². The van der Waals surface area contributed by atoms with Gasteiger partial charge in [0.05, 0.1) is 6.29 Å². The minimum absolute atomic E-state index is 0.612. The summed E-state index contributed by atoms with van der Waals surface area (Å²) in [6, 6.07) is 7.28. The normalized spacial score (nSPS) is 15.6. The molecule has 3 rings (SSSR count). The standard InChI is InChI=1S/C8H7O.2C5H10.ClH.Ti/c1-7-2-4-8(6-9)5-3-7;2*1-2-4-5-3-1;;/h2-5H,1H3;2*1-5H2;1H;/q-1;;;;+4/p-1. The maximum absolute atomic E-state index is 9.99. The van der Waals surface area contributed by atoms with Gasteiger partial charge in [-0.1, -0.05) is 69.8 Å². The predicted octanol–water partition coefficient (Wildman–Crippen LogP) is 6.04. The number of aryl methyl sites for hydroxylation is 1. The molecule has 1 aromatic carbocycles. The fourth-order valence-corrected chi connectivity index (χ4v) is 2.39. The van der Waals surface area contributed by atoms with Gasteiger partial charge >= 0.3 is 28.7 Å². The molecule has 0 aliphatic heterocycles. The van der Waals surface area contributed by atoms with Crippen molar-refractivity contribution in [3.8, 4) is 0 Å². The summed E-state index contributed by atoms with van der Waals surface area (Å²) < 4.78 is 0. The molecule has 0 N–H and O–H groups in total. The molecule has 0 spiro atoms. The third-order valence-electron chi connectivity index (χ3n) is 3.67. The van der Waals surface area contributed by atoms with Gasteiger partial charge in [-0.05, 0) is 6.92 Å². The molecule has 1 nitrogen and oxygen atoms in total. The number of benzene rings is 1. The number of halogens is 1. The second-order valence-electron chi connectivity index (χ2n) is 5.50. The first-order chi connectivity index (χ1) is 10.3. The van der Waals surface area contributed by atoms with E-state index in [1.807, 2.05) is 19.1 Å². The Balaban J connectivity index is 0.000000286. The average Bonchev–Trinajstić information content (AvgIpc) is 3.28. The molecule has 114 valence electrons. The molecule has 0 atom stereocenters. The molecule has 0 radical (unpaired) electrons. The quantitative estimate of drug-likeness (QED) is 0.449. The van der Waals surface area contributed by atoms with Crippen molar-refractivity contribution in [3.05, 3.63) is 35.4 Å². The summed E-state index contributed by atoms with van der Waals surface area (Å²) in [7, 11) is 4.64. The zero-order valence-electron chi connectivity index (χ0n) is 13.2. The van der Waals surface area contributed by atoms with Gasteiger partial charge in [-0.3, -0.25) is 0 Å². The van der Waals surface area contributed by atoms with E-state index in [4.69, 9.17) is 0 Å². The first kappa shape index (κ1) is 20.9. The van der Waals surface area contributed by atoms with Crippen molar-refractivity contribution in [2.75, 3.05) is 0 Å². The molecule has 2 fully saturated rings. The zero-order valence-corrected chi connectivity index (χ0v) is 15.5. The van der Waals surface area contributed by atoms with E-state index in [-0.39, 0.29) is 0 Å². The van der Waals surface area contributed by atoms with Crippen molar-refractivity contribution in [2.24, 2.45) is 0 Å². The summed E-state index contributed by atoms with van der Waals surface area (Å²) in [5.74, 6) is 0. The van der Waals surface area contributed by atoms with Crippen LogP contribution in [0.4, 0.5) is 0 Å². The molecular weight excluding hydrogens is 316 g/mol. The molecule has 0 aromatic heterocycles. The molecule has 0 heterocycles. The van der Waals surface area contributed by atoms with Gasteiger partial charge in [0.15, 0.2) is 0 Å². The van der Waals surface area contributed by atoms with Crippen molar-refractivity contribution in [1.29, 1.82) is 0 Å². The van der Waals surface area contributed by atoms with Gasteiger partial charge in [0.2, 0.25) is 0 Å². The van der Waals surface area contributed by atoms with Crippen LogP contribution in [0.25, 0.3) is 0 Å². The second kappa shape index (κ2) is 16.3. The Kier molecular flexibility index (Phi) is 16.2. The fourth-order valence-electron chi connectivity index (χ4n) is 2.39. The molecular formula is C18H27ClOTi+2. The molecule has 0 bridgehead atoms. The fraction of sp³-hybridized carbons (Fsp3) is 0.611. The summed E-state index contributed by atoms with van der Waals surface area (Å²) >= 11 is 1.47. The van der Waals surface area contributed by atoms with Crippen LogP contribution >= 0.6 is 9.30 Å². The van der Waals surface area contributed by atoms with Crippen molar-refractivity contribution in [1.82, 2.24) is 0 Å². The van der Waals surface area contributed by atoms with Gasteiger partial charge in [-0.15, -0.1) is 12.1 Å². The van der Waals surface area contributed by atoms with Crippen LogP contribution in [0.2, 0.25) is 0 Å². The first-order valence-electron chi connectivity index (χ1n) is 7.96. The van der Waals surface area contributed by atoms with Crippen LogP contribution in [-0.2, 0) is 24.2 Å². The average molecular weight is 343 g/mol. The van der Waals surface area contributed by atoms with Crippen molar-refractivity contribution < 1.29 is 24.2 Å². The summed E-state index contributed by atoms with van der Waals surface area (Å²) in [6.07, 6.45) is 16.8. The van der Waals surface area contributed by atoms with Gasteiger partial charge in [0.1, 0.15) is 0 Å². The Morgan fingerprint density at radius 1 is 0.762 bits per heavy atom. The first-order valence-corrected chi connectivity index (χ1v) is 10.1. The van der Waals surface area contributed by atoms with Crippen LogP contribution < -0.4 is 0 Å². The summed E-state index contributed by atoms with van der Waals surface area (Å²) in [4.78, 5) is 9.99. The summed E-state index contributed by atoms with van der Waals surface area (Å²) in [5.41, 5.74) is 1.77. The molecule has 0 saturated heterocycles. The Morgan fingerprint density at radius 3 is 1.29 bits per heavy atom. The van der Waals surface area contributed by atoms with E-state index in [1.165, 1.54) is 83.6 Å². The number of hydrogen-bond donors (Lipinski definition) is 0. The van der Waals surface area contributed by atoms with Crippen LogP contribution in [0.3, 0.4) is 0 Å². The van der Waals surface area contributed by atoms with E-state index in [9.17, 15) is 4.79 Å². The summed E-state index contributed by atoms with van der Waals surface area (Å²) in [6.45, 7) is 1.98. The van der Waals surface area contributed by atoms with Crippen LogP contribution in [-0.4, -0.2) is 6.29 Å². The predicted molar refractivity (Wildman–Crippen MR) is 88.0 cm³/mol. The Hall–Kier alpha value is -0.106. The Morgan fingerprint density at radius 2 is 1.05 bits per heavy atom. The van der Waals surface area contributed by atoms with E-state index in [0.717, 1.165) is 5.56 Å². The SMILES string of the molecule is C1CCCC1.C1CCCC1.Cc1ccc([C-]=O)cc1.[Cl][Ti+3]. The van der Waals surface area contributed by atoms with Crippen LogP contribution in [0.5, 0.6) is 0 Å². The van der Waals surface area contributed by atoms with E-state index >= 15 is 0 Å². The van der Waals surface area contributed by atoms with Crippen LogP contribution in [0.15, 0.2) is 24.3 Å². The van der Waals surface area contributed by atoms with E-state index in [2.05, 4.69) is 9.30 Å². The Labute approximate surface area is 146 Å². The van der Waals surface area contributed by atoms with E-state index in [1.54, 1.807) is 18.4 Å². The molecule has 2 aliphatic carbocycles. The summed E-state index contributed by atoms with van der Waals surface area (Å²) in [5, 5.41) is 0. The van der Waals surface area contributed by atoms with Gasteiger partial charge < -0.3 is 4.79 Å². The van der Waals surface area contributed by atoms with E-state index in [0.29, 0.717) is 5.56 Å². The van der Waals surface area contributed by atoms with Crippen molar-refractivity contribution in [2.45, 2.75) is 71.1 Å². The number of carbonyl (C=O) groups excluding carboxylic acids is 1. The molecule has 21 heavy (non-hydrogen) atoms. The van der Waals surface area contributed by atoms with Crippen molar-refractivity contribution >= 4 is 15.6 Å². The van der Waals surface area contributed by atoms with Gasteiger partial charge in [0.25, 0.3) is 0 Å². The topological polar surface area (TPSA) is 17.1 Å². The van der Waals surface area contributed by atoms with Gasteiger partial charge in [-0.2, -0.15) is 17.7 Å². The Bertz CT molecular complexity index is 304. The third kappa shape index (κ3) is 13.3. The van der Waals surface area contributed by atoms with Crippen molar-refractivity contribution in [3.63, 3.8) is 0 Å². The molecule has 3 heteroatoms.